The highest BCUT2D eigenvalue weighted by Gasteiger charge is 2.17. The maximum absolute atomic E-state index is 13.3. The minimum atomic E-state index is -0.831. The van der Waals surface area contributed by atoms with Gasteiger partial charge in [-0.25, -0.2) is 8.78 Å². The van der Waals surface area contributed by atoms with Crippen LogP contribution in [-0.2, 0) is 4.79 Å². The van der Waals surface area contributed by atoms with E-state index in [1.54, 1.807) is 6.92 Å². The smallest absolute Gasteiger partial charge is 0.172 e. The highest BCUT2D eigenvalue weighted by atomic mass is 79.9. The van der Waals surface area contributed by atoms with Crippen LogP contribution in [0.15, 0.2) is 16.6 Å². The van der Waals surface area contributed by atoms with E-state index in [0.717, 1.165) is 6.07 Å². The van der Waals surface area contributed by atoms with Crippen LogP contribution in [0, 0.1) is 11.6 Å². The van der Waals surface area contributed by atoms with Gasteiger partial charge in [-0.15, -0.1) is 0 Å². The average molecular weight is 293 g/mol. The van der Waals surface area contributed by atoms with E-state index in [9.17, 15) is 13.6 Å². The molecular weight excluding hydrogens is 282 g/mol. The maximum atomic E-state index is 13.3. The summed E-state index contributed by atoms with van der Waals surface area (Å²) in [5.74, 6) is -1.82. The van der Waals surface area contributed by atoms with Gasteiger partial charge in [-0.3, -0.25) is 4.79 Å². The van der Waals surface area contributed by atoms with E-state index in [1.807, 2.05) is 0 Å². The Kier molecular flexibility index (Phi) is 4.41. The molecule has 1 aromatic carbocycles. The van der Waals surface area contributed by atoms with E-state index in [-0.39, 0.29) is 16.0 Å². The van der Waals surface area contributed by atoms with Crippen molar-refractivity contribution in [2.45, 2.75) is 26.4 Å². The Morgan fingerprint density at radius 1 is 1.50 bits per heavy atom. The van der Waals surface area contributed by atoms with Crippen molar-refractivity contribution < 1.29 is 18.3 Å². The highest BCUT2D eigenvalue weighted by Crippen LogP contribution is 2.30. The molecule has 0 aliphatic rings. The van der Waals surface area contributed by atoms with Crippen LogP contribution in [0.5, 0.6) is 5.75 Å². The third-order valence-corrected chi connectivity index (χ3v) is 2.65. The normalized spacial score (nSPS) is 12.3. The van der Waals surface area contributed by atoms with Gasteiger partial charge in [-0.05, 0) is 28.9 Å². The van der Waals surface area contributed by atoms with E-state index < -0.39 is 17.7 Å². The molecule has 0 spiro atoms. The maximum Gasteiger partial charge on any atom is 0.172 e. The molecule has 16 heavy (non-hydrogen) atoms. The van der Waals surface area contributed by atoms with Gasteiger partial charge in [0.15, 0.2) is 23.5 Å². The lowest BCUT2D eigenvalue weighted by Gasteiger charge is -2.14. The van der Waals surface area contributed by atoms with Gasteiger partial charge < -0.3 is 4.74 Å². The van der Waals surface area contributed by atoms with Crippen LogP contribution in [0.25, 0.3) is 0 Å². The summed E-state index contributed by atoms with van der Waals surface area (Å²) in [7, 11) is 0. The predicted molar refractivity (Wildman–Crippen MR) is 59.4 cm³/mol. The molecule has 0 N–H and O–H groups in total. The molecule has 0 aliphatic carbocycles. The number of carbonyl (C=O) groups is 1. The highest BCUT2D eigenvalue weighted by molar-refractivity contribution is 9.10. The molecule has 1 unspecified atom stereocenters. The second-order valence-corrected chi connectivity index (χ2v) is 4.13. The number of Topliss-reactive ketones (excluding diaryl/α,β-unsaturated/α-hetero) is 1. The topological polar surface area (TPSA) is 26.3 Å². The van der Waals surface area contributed by atoms with Crippen molar-refractivity contribution in [1.29, 1.82) is 0 Å². The summed E-state index contributed by atoms with van der Waals surface area (Å²) in [5.41, 5.74) is 0. The molecule has 0 saturated carbocycles. The SMILES string of the molecule is CCC(=O)C(C)Oc1c(F)cc(F)cc1Br. The number of rotatable bonds is 4. The number of hydrogen-bond acceptors (Lipinski definition) is 2. The summed E-state index contributed by atoms with van der Waals surface area (Å²) in [4.78, 5) is 11.3. The first-order valence-electron chi connectivity index (χ1n) is 4.79. The van der Waals surface area contributed by atoms with E-state index >= 15 is 0 Å². The zero-order valence-electron chi connectivity index (χ0n) is 8.89. The Hall–Kier alpha value is -0.970. The van der Waals surface area contributed by atoms with Gasteiger partial charge in [0.2, 0.25) is 0 Å². The van der Waals surface area contributed by atoms with Gasteiger partial charge in [0.25, 0.3) is 0 Å². The van der Waals surface area contributed by atoms with Gasteiger partial charge in [0.05, 0.1) is 4.47 Å². The summed E-state index contributed by atoms with van der Waals surface area (Å²) in [6.07, 6.45) is -0.442. The van der Waals surface area contributed by atoms with Crippen LogP contribution in [0.3, 0.4) is 0 Å². The van der Waals surface area contributed by atoms with E-state index in [1.165, 1.54) is 6.92 Å². The Labute approximate surface area is 101 Å². The first kappa shape index (κ1) is 13.1. The monoisotopic (exact) mass is 292 g/mol. The van der Waals surface area contributed by atoms with E-state index in [4.69, 9.17) is 4.74 Å². The minimum Gasteiger partial charge on any atom is -0.479 e. The van der Waals surface area contributed by atoms with Gasteiger partial charge in [-0.1, -0.05) is 6.92 Å². The Bertz CT molecular complexity index is 384. The van der Waals surface area contributed by atoms with Crippen LogP contribution in [-0.4, -0.2) is 11.9 Å². The van der Waals surface area contributed by atoms with Crippen LogP contribution in [0.2, 0.25) is 0 Å². The van der Waals surface area contributed by atoms with Gasteiger partial charge in [0, 0.05) is 12.5 Å². The molecule has 5 heteroatoms. The lowest BCUT2D eigenvalue weighted by atomic mass is 10.2. The molecule has 0 bridgehead atoms. The summed E-state index contributed by atoms with van der Waals surface area (Å²) in [6.45, 7) is 3.22. The molecule has 1 rings (SSSR count). The molecule has 0 radical (unpaired) electrons. The number of benzene rings is 1. The summed E-state index contributed by atoms with van der Waals surface area (Å²) < 4.78 is 31.4. The van der Waals surface area contributed by atoms with E-state index in [0.29, 0.717) is 12.5 Å². The molecule has 0 fully saturated rings. The Balaban J connectivity index is 2.93. The van der Waals surface area contributed by atoms with Crippen molar-refractivity contribution in [3.63, 3.8) is 0 Å². The number of hydrogen-bond donors (Lipinski definition) is 0. The first-order valence-corrected chi connectivity index (χ1v) is 5.59. The Morgan fingerprint density at radius 3 is 2.62 bits per heavy atom. The van der Waals surface area contributed by atoms with Crippen LogP contribution >= 0.6 is 15.9 Å². The second-order valence-electron chi connectivity index (χ2n) is 3.28. The van der Waals surface area contributed by atoms with Crippen LogP contribution in [0.1, 0.15) is 20.3 Å². The van der Waals surface area contributed by atoms with Crippen LogP contribution < -0.4 is 4.74 Å². The number of ether oxygens (including phenoxy) is 1. The molecule has 0 aliphatic heterocycles. The molecule has 0 aromatic heterocycles. The van der Waals surface area contributed by atoms with Crippen LogP contribution in [0.4, 0.5) is 8.78 Å². The van der Waals surface area contributed by atoms with Gasteiger partial charge in [-0.2, -0.15) is 0 Å². The molecule has 1 atom stereocenters. The molecule has 0 saturated heterocycles. The van der Waals surface area contributed by atoms with Crippen molar-refractivity contribution in [3.8, 4) is 5.75 Å². The standard InChI is InChI=1S/C11H11BrF2O2/c1-3-10(15)6(2)16-11-8(12)4-7(13)5-9(11)14/h4-6H,3H2,1-2H3. The summed E-state index contributed by atoms with van der Waals surface area (Å²) >= 11 is 2.98. The van der Waals surface area contributed by atoms with Gasteiger partial charge >= 0.3 is 0 Å². The fourth-order valence-corrected chi connectivity index (χ4v) is 1.67. The summed E-state index contributed by atoms with van der Waals surface area (Å²) in [6, 6.07) is 1.80. The first-order chi connectivity index (χ1) is 7.45. The zero-order valence-corrected chi connectivity index (χ0v) is 10.5. The fraction of sp³-hybridized carbons (Fsp3) is 0.364. The zero-order chi connectivity index (χ0) is 12.3. The quantitative estimate of drug-likeness (QED) is 0.849. The Morgan fingerprint density at radius 2 is 2.12 bits per heavy atom. The lowest BCUT2D eigenvalue weighted by Crippen LogP contribution is -2.23. The molecular formula is C11H11BrF2O2. The largest absolute Gasteiger partial charge is 0.479 e. The third-order valence-electron chi connectivity index (χ3n) is 2.06. The lowest BCUT2D eigenvalue weighted by molar-refractivity contribution is -0.124. The molecule has 2 nitrogen and oxygen atoms in total. The second kappa shape index (κ2) is 5.39. The predicted octanol–water partition coefficient (Wildman–Crippen LogP) is 3.47. The summed E-state index contributed by atoms with van der Waals surface area (Å²) in [5, 5.41) is 0. The fourth-order valence-electron chi connectivity index (χ4n) is 1.17. The van der Waals surface area contributed by atoms with Gasteiger partial charge in [0.1, 0.15) is 5.82 Å². The van der Waals surface area contributed by atoms with Crippen molar-refractivity contribution >= 4 is 21.7 Å². The molecule has 1 aromatic rings. The molecule has 0 amide bonds. The molecule has 88 valence electrons. The number of ketones is 1. The minimum absolute atomic E-state index is 0.143. The third kappa shape index (κ3) is 3.01. The van der Waals surface area contributed by atoms with Crippen molar-refractivity contribution in [2.24, 2.45) is 0 Å². The van der Waals surface area contributed by atoms with Crippen molar-refractivity contribution in [1.82, 2.24) is 0 Å². The number of halogens is 3. The molecule has 0 heterocycles. The van der Waals surface area contributed by atoms with Crippen molar-refractivity contribution in [3.05, 3.63) is 28.2 Å². The number of carbonyl (C=O) groups excluding carboxylic acids is 1. The van der Waals surface area contributed by atoms with Crippen molar-refractivity contribution in [2.75, 3.05) is 0 Å². The van der Waals surface area contributed by atoms with E-state index in [2.05, 4.69) is 15.9 Å². The average Bonchev–Trinajstić information content (AvgIpc) is 2.21.